The molecule has 0 fully saturated rings. The highest BCUT2D eigenvalue weighted by molar-refractivity contribution is 8.01. The number of rotatable bonds is 5. The Morgan fingerprint density at radius 2 is 2.05 bits per heavy atom. The molecular formula is C15H20N2O2S. The van der Waals surface area contributed by atoms with E-state index in [0.717, 1.165) is 21.8 Å². The minimum Gasteiger partial charge on any atom is -0.480 e. The molecule has 1 heterocycles. The topological polar surface area (TPSA) is 55.1 Å². The van der Waals surface area contributed by atoms with Gasteiger partial charge in [0.05, 0.1) is 11.0 Å². The maximum absolute atomic E-state index is 11.6. The van der Waals surface area contributed by atoms with Crippen LogP contribution in [0.25, 0.3) is 11.0 Å². The third-order valence-electron chi connectivity index (χ3n) is 3.81. The van der Waals surface area contributed by atoms with E-state index >= 15 is 0 Å². The van der Waals surface area contributed by atoms with Gasteiger partial charge in [0.25, 0.3) is 0 Å². The zero-order valence-corrected chi connectivity index (χ0v) is 13.1. The lowest BCUT2D eigenvalue weighted by molar-refractivity contribution is -0.140. The highest BCUT2D eigenvalue weighted by Crippen LogP contribution is 2.39. The summed E-state index contributed by atoms with van der Waals surface area (Å²) in [6.07, 6.45) is 1.15. The first-order chi connectivity index (χ1) is 9.43. The van der Waals surface area contributed by atoms with E-state index in [-0.39, 0.29) is 0 Å². The second kappa shape index (κ2) is 5.48. The number of imidazole rings is 1. The van der Waals surface area contributed by atoms with Crippen molar-refractivity contribution in [1.82, 2.24) is 9.55 Å². The Morgan fingerprint density at radius 1 is 1.40 bits per heavy atom. The van der Waals surface area contributed by atoms with Crippen molar-refractivity contribution in [3.8, 4) is 0 Å². The van der Waals surface area contributed by atoms with Gasteiger partial charge < -0.3 is 9.67 Å². The quantitative estimate of drug-likeness (QED) is 0.855. The molecule has 0 bridgehead atoms. The second-order valence-electron chi connectivity index (χ2n) is 5.05. The number of fused-ring (bicyclic) bond motifs is 1. The molecule has 1 N–H and O–H groups in total. The Balaban J connectivity index is 2.48. The molecule has 0 amide bonds. The molecule has 5 heteroatoms. The van der Waals surface area contributed by atoms with Crippen LogP contribution >= 0.6 is 11.8 Å². The highest BCUT2D eigenvalue weighted by atomic mass is 32.2. The number of aryl methyl sites for hydroxylation is 2. The highest BCUT2D eigenvalue weighted by Gasteiger charge is 2.37. The lowest BCUT2D eigenvalue weighted by atomic mass is 10.0. The Morgan fingerprint density at radius 3 is 2.60 bits per heavy atom. The van der Waals surface area contributed by atoms with Crippen molar-refractivity contribution < 1.29 is 9.90 Å². The summed E-state index contributed by atoms with van der Waals surface area (Å²) >= 11 is 1.35. The van der Waals surface area contributed by atoms with Gasteiger partial charge in [0.15, 0.2) is 5.16 Å². The number of hydrogen-bond donors (Lipinski definition) is 1. The van der Waals surface area contributed by atoms with Crippen molar-refractivity contribution in [2.45, 2.75) is 43.5 Å². The average Bonchev–Trinajstić information content (AvgIpc) is 2.71. The molecule has 2 aromatic rings. The number of thioether (sulfide) groups is 1. The summed E-state index contributed by atoms with van der Waals surface area (Å²) < 4.78 is 1.17. The van der Waals surface area contributed by atoms with Gasteiger partial charge in [0.2, 0.25) is 0 Å². The molecule has 0 aliphatic rings. The zero-order valence-electron chi connectivity index (χ0n) is 12.3. The summed E-state index contributed by atoms with van der Waals surface area (Å²) in [5, 5.41) is 10.3. The summed E-state index contributed by atoms with van der Waals surface area (Å²) in [5.74, 6) is -0.768. The standard InChI is InChI=1S/C15H20N2O2S/c1-5-15(6-2,13(18)19)20-14-16-11-9-10(3)7-8-12(11)17(14)4/h7-9H,5-6H2,1-4H3,(H,18,19). The van der Waals surface area contributed by atoms with E-state index in [1.807, 2.05) is 50.6 Å². The number of aliphatic carboxylic acids is 1. The number of carbonyl (C=O) groups is 1. The molecule has 0 saturated heterocycles. The first kappa shape index (κ1) is 14.9. The monoisotopic (exact) mass is 292 g/mol. The number of carboxylic acids is 1. The van der Waals surface area contributed by atoms with Gasteiger partial charge in [-0.1, -0.05) is 31.7 Å². The maximum Gasteiger partial charge on any atom is 0.320 e. The van der Waals surface area contributed by atoms with Crippen LogP contribution in [0, 0.1) is 6.92 Å². The molecule has 4 nitrogen and oxygen atoms in total. The molecule has 0 spiro atoms. The van der Waals surface area contributed by atoms with Gasteiger partial charge in [0, 0.05) is 7.05 Å². The van der Waals surface area contributed by atoms with Crippen molar-refractivity contribution in [2.75, 3.05) is 0 Å². The molecule has 1 aromatic heterocycles. The Bertz CT molecular complexity index is 645. The number of aromatic nitrogens is 2. The molecule has 0 aliphatic heterocycles. The van der Waals surface area contributed by atoms with Crippen LogP contribution in [0.15, 0.2) is 23.4 Å². The molecule has 0 aliphatic carbocycles. The van der Waals surface area contributed by atoms with E-state index in [1.54, 1.807) is 0 Å². The maximum atomic E-state index is 11.6. The fraction of sp³-hybridized carbons (Fsp3) is 0.467. The van der Waals surface area contributed by atoms with Crippen molar-refractivity contribution >= 4 is 28.8 Å². The first-order valence-corrected chi connectivity index (χ1v) is 7.60. The number of carboxylic acid groups (broad SMARTS) is 1. The van der Waals surface area contributed by atoms with Crippen LogP contribution in [-0.4, -0.2) is 25.4 Å². The molecule has 2 rings (SSSR count). The van der Waals surface area contributed by atoms with Gasteiger partial charge in [-0.15, -0.1) is 0 Å². The SMILES string of the molecule is CCC(CC)(Sc1nc2cc(C)ccc2n1C)C(=O)O. The van der Waals surface area contributed by atoms with Crippen LogP contribution in [0.4, 0.5) is 0 Å². The molecule has 0 saturated carbocycles. The largest absolute Gasteiger partial charge is 0.480 e. The van der Waals surface area contributed by atoms with Crippen LogP contribution in [-0.2, 0) is 11.8 Å². The third kappa shape index (κ3) is 2.42. The van der Waals surface area contributed by atoms with Crippen LogP contribution < -0.4 is 0 Å². The number of nitrogens with zero attached hydrogens (tertiary/aromatic N) is 2. The molecule has 20 heavy (non-hydrogen) atoms. The summed E-state index contributed by atoms with van der Waals surface area (Å²) in [5.41, 5.74) is 3.11. The summed E-state index contributed by atoms with van der Waals surface area (Å²) in [6, 6.07) is 6.10. The van der Waals surface area contributed by atoms with E-state index in [4.69, 9.17) is 0 Å². The molecule has 1 aromatic carbocycles. The Kier molecular flexibility index (Phi) is 4.09. The molecule has 108 valence electrons. The van der Waals surface area contributed by atoms with Gasteiger partial charge in [-0.2, -0.15) is 0 Å². The number of benzene rings is 1. The van der Waals surface area contributed by atoms with Gasteiger partial charge in [0.1, 0.15) is 4.75 Å². The smallest absolute Gasteiger partial charge is 0.320 e. The van der Waals surface area contributed by atoms with Gasteiger partial charge >= 0.3 is 5.97 Å². The summed E-state index contributed by atoms with van der Waals surface area (Å²) in [7, 11) is 1.94. The molecule has 0 unspecified atom stereocenters. The first-order valence-electron chi connectivity index (χ1n) is 6.79. The van der Waals surface area contributed by atoms with E-state index in [2.05, 4.69) is 4.98 Å². The summed E-state index contributed by atoms with van der Waals surface area (Å²) in [4.78, 5) is 16.2. The predicted octanol–water partition coefficient (Wildman–Crippen LogP) is 3.62. The number of hydrogen-bond acceptors (Lipinski definition) is 3. The van der Waals surface area contributed by atoms with E-state index in [0.29, 0.717) is 12.8 Å². The molecule has 0 atom stereocenters. The molecule has 0 radical (unpaired) electrons. The van der Waals surface area contributed by atoms with Crippen molar-refractivity contribution in [3.05, 3.63) is 23.8 Å². The predicted molar refractivity (Wildman–Crippen MR) is 82.3 cm³/mol. The van der Waals surface area contributed by atoms with Crippen molar-refractivity contribution in [3.63, 3.8) is 0 Å². The van der Waals surface area contributed by atoms with Crippen molar-refractivity contribution in [1.29, 1.82) is 0 Å². The lowest BCUT2D eigenvalue weighted by Gasteiger charge is -2.25. The van der Waals surface area contributed by atoms with Crippen molar-refractivity contribution in [2.24, 2.45) is 7.05 Å². The fourth-order valence-electron chi connectivity index (χ4n) is 2.29. The third-order valence-corrected chi connectivity index (χ3v) is 5.50. The van der Waals surface area contributed by atoms with E-state index < -0.39 is 10.7 Å². The average molecular weight is 292 g/mol. The minimum absolute atomic E-state index is 0.575. The van der Waals surface area contributed by atoms with Crippen LogP contribution in [0.2, 0.25) is 0 Å². The van der Waals surface area contributed by atoms with E-state index in [1.165, 1.54) is 11.8 Å². The van der Waals surface area contributed by atoms with Gasteiger partial charge in [-0.05, 0) is 37.5 Å². The van der Waals surface area contributed by atoms with Gasteiger partial charge in [-0.3, -0.25) is 4.79 Å². The summed E-state index contributed by atoms with van der Waals surface area (Å²) in [6.45, 7) is 5.86. The Hall–Kier alpha value is -1.49. The normalized spacial score (nSPS) is 12.0. The van der Waals surface area contributed by atoms with Gasteiger partial charge in [-0.25, -0.2) is 4.98 Å². The second-order valence-corrected chi connectivity index (χ2v) is 6.40. The van der Waals surface area contributed by atoms with Crippen LogP contribution in [0.3, 0.4) is 0 Å². The Labute approximate surface area is 123 Å². The van der Waals surface area contributed by atoms with E-state index in [9.17, 15) is 9.90 Å². The zero-order chi connectivity index (χ0) is 14.9. The fourth-order valence-corrected chi connectivity index (χ4v) is 3.40. The lowest BCUT2D eigenvalue weighted by Crippen LogP contribution is -2.33. The molecular weight excluding hydrogens is 272 g/mol. The van der Waals surface area contributed by atoms with Crippen LogP contribution in [0.1, 0.15) is 32.3 Å². The minimum atomic E-state index is -0.801. The van der Waals surface area contributed by atoms with Crippen LogP contribution in [0.5, 0.6) is 0 Å².